The second-order valence-corrected chi connectivity index (χ2v) is 3.81. The van der Waals surface area contributed by atoms with Crippen LogP contribution in [0, 0.1) is 0 Å². The largest absolute Gasteiger partial charge is 0.233 e. The minimum absolute atomic E-state index is 0.195. The monoisotopic (exact) mass is 250 g/mol. The summed E-state index contributed by atoms with van der Waals surface area (Å²) in [4.78, 5) is 8.28. The standard InChI is InChI=1S/C12H8Cl2N2/c13-11-12(14)16-10-6-4-2-1-3-5-9(15-11)7-8-10/h1-8H. The van der Waals surface area contributed by atoms with E-state index in [2.05, 4.69) is 9.98 Å². The number of fused-ring (bicyclic) bond motifs is 3. The van der Waals surface area contributed by atoms with Gasteiger partial charge in [-0.1, -0.05) is 47.5 Å². The van der Waals surface area contributed by atoms with E-state index in [1.165, 1.54) is 0 Å². The molecule has 0 fully saturated rings. The number of rotatable bonds is 0. The molecular weight excluding hydrogens is 243 g/mol. The van der Waals surface area contributed by atoms with Crippen molar-refractivity contribution in [3.05, 3.63) is 48.5 Å². The third-order valence-corrected chi connectivity index (χ3v) is 2.54. The lowest BCUT2D eigenvalue weighted by Crippen LogP contribution is -1.98. The molecule has 0 N–H and O–H groups in total. The molecule has 1 aromatic carbocycles. The number of halogens is 2. The predicted molar refractivity (Wildman–Crippen MR) is 70.0 cm³/mol. The highest BCUT2D eigenvalue weighted by atomic mass is 35.5. The Hall–Kier alpha value is -1.38. The summed E-state index contributed by atoms with van der Waals surface area (Å²) in [5, 5.41) is 0.391. The van der Waals surface area contributed by atoms with Crippen LogP contribution in [0.1, 0.15) is 0 Å². The Morgan fingerprint density at radius 3 is 1.50 bits per heavy atom. The van der Waals surface area contributed by atoms with E-state index in [-0.39, 0.29) is 10.3 Å². The molecule has 2 rings (SSSR count). The van der Waals surface area contributed by atoms with Crippen molar-refractivity contribution in [3.63, 3.8) is 0 Å². The second kappa shape index (κ2) is 5.10. The Labute approximate surface area is 104 Å². The molecule has 1 aromatic rings. The molecule has 0 saturated carbocycles. The average Bonchev–Trinajstić information content (AvgIpc) is 2.27. The van der Waals surface area contributed by atoms with Crippen molar-refractivity contribution in [2.24, 2.45) is 9.98 Å². The SMILES string of the molecule is ClC1=Nc2ccccccc(cc2)N=C1Cl. The second-order valence-electron chi connectivity index (χ2n) is 3.09. The number of hydrogen-bond acceptors (Lipinski definition) is 2. The van der Waals surface area contributed by atoms with Crippen LogP contribution in [-0.2, 0) is 0 Å². The molecule has 80 valence electrons. The van der Waals surface area contributed by atoms with Gasteiger partial charge in [-0.05, 0) is 24.3 Å². The molecule has 0 aromatic heterocycles. The van der Waals surface area contributed by atoms with Crippen LogP contribution < -0.4 is 0 Å². The molecule has 1 aliphatic heterocycles. The third-order valence-electron chi connectivity index (χ3n) is 1.92. The van der Waals surface area contributed by atoms with Gasteiger partial charge in [-0.2, -0.15) is 0 Å². The molecule has 4 heteroatoms. The zero-order chi connectivity index (χ0) is 11.4. The highest BCUT2D eigenvalue weighted by molar-refractivity contribution is 7.00. The van der Waals surface area contributed by atoms with Crippen molar-refractivity contribution >= 4 is 44.9 Å². The van der Waals surface area contributed by atoms with Crippen LogP contribution >= 0.6 is 23.2 Å². The Balaban J connectivity index is 2.73. The molecule has 0 aliphatic carbocycles. The zero-order valence-corrected chi connectivity index (χ0v) is 9.78. The van der Waals surface area contributed by atoms with Crippen molar-refractivity contribution in [2.75, 3.05) is 0 Å². The van der Waals surface area contributed by atoms with Gasteiger partial charge in [0.05, 0.1) is 11.4 Å². The van der Waals surface area contributed by atoms with Crippen LogP contribution in [0.15, 0.2) is 58.5 Å². The van der Waals surface area contributed by atoms with Gasteiger partial charge in [0.25, 0.3) is 0 Å². The summed E-state index contributed by atoms with van der Waals surface area (Å²) < 4.78 is 0. The smallest absolute Gasteiger partial charge is 0.166 e. The van der Waals surface area contributed by atoms with Crippen molar-refractivity contribution in [3.8, 4) is 0 Å². The molecule has 0 spiro atoms. The summed E-state index contributed by atoms with van der Waals surface area (Å²) in [6.07, 6.45) is 0. The van der Waals surface area contributed by atoms with E-state index < -0.39 is 0 Å². The van der Waals surface area contributed by atoms with Gasteiger partial charge in [0.15, 0.2) is 10.3 Å². The zero-order valence-electron chi connectivity index (χ0n) is 8.27. The van der Waals surface area contributed by atoms with Gasteiger partial charge in [0.2, 0.25) is 0 Å². The van der Waals surface area contributed by atoms with Crippen molar-refractivity contribution in [1.29, 1.82) is 0 Å². The normalized spacial score (nSPS) is 13.1. The Morgan fingerprint density at radius 2 is 1.06 bits per heavy atom. The maximum atomic E-state index is 5.90. The first-order valence-electron chi connectivity index (χ1n) is 4.68. The average molecular weight is 251 g/mol. The van der Waals surface area contributed by atoms with Crippen molar-refractivity contribution < 1.29 is 0 Å². The van der Waals surface area contributed by atoms with Crippen molar-refractivity contribution in [1.82, 2.24) is 0 Å². The lowest BCUT2D eigenvalue weighted by Gasteiger charge is -1.99. The van der Waals surface area contributed by atoms with Gasteiger partial charge in [-0.15, -0.1) is 0 Å². The highest BCUT2D eigenvalue weighted by Crippen LogP contribution is 2.19. The quantitative estimate of drug-likeness (QED) is 0.654. The maximum Gasteiger partial charge on any atom is 0.166 e. The first-order valence-corrected chi connectivity index (χ1v) is 5.43. The predicted octanol–water partition coefficient (Wildman–Crippen LogP) is 4.36. The van der Waals surface area contributed by atoms with E-state index >= 15 is 0 Å². The topological polar surface area (TPSA) is 24.7 Å². The van der Waals surface area contributed by atoms with E-state index in [0.717, 1.165) is 11.4 Å². The summed E-state index contributed by atoms with van der Waals surface area (Å²) in [6, 6.07) is 15.0. The van der Waals surface area contributed by atoms with E-state index in [1.54, 1.807) is 0 Å². The van der Waals surface area contributed by atoms with Crippen LogP contribution in [-0.4, -0.2) is 10.3 Å². The fraction of sp³-hybridized carbons (Fsp3) is 0. The molecule has 1 heterocycles. The molecule has 1 aliphatic rings. The van der Waals surface area contributed by atoms with E-state index in [1.807, 2.05) is 48.5 Å². The Kier molecular flexibility index (Phi) is 3.54. The van der Waals surface area contributed by atoms with Gasteiger partial charge in [0.1, 0.15) is 0 Å². The Bertz CT molecular complexity index is 473. The van der Waals surface area contributed by atoms with Gasteiger partial charge in [-0.3, -0.25) is 0 Å². The fourth-order valence-corrected chi connectivity index (χ4v) is 1.47. The van der Waals surface area contributed by atoms with Crippen LogP contribution in [0.4, 0.5) is 11.4 Å². The van der Waals surface area contributed by atoms with Gasteiger partial charge < -0.3 is 0 Å². The Morgan fingerprint density at radius 1 is 0.625 bits per heavy atom. The van der Waals surface area contributed by atoms with Gasteiger partial charge in [-0.25, -0.2) is 9.98 Å². The summed E-state index contributed by atoms with van der Waals surface area (Å²) in [6.45, 7) is 0. The minimum Gasteiger partial charge on any atom is -0.233 e. The molecular formula is C12H8Cl2N2. The first kappa shape index (κ1) is 11.1. The molecule has 0 amide bonds. The van der Waals surface area contributed by atoms with E-state index in [4.69, 9.17) is 23.2 Å². The maximum absolute atomic E-state index is 5.90. The summed E-state index contributed by atoms with van der Waals surface area (Å²) in [5.41, 5.74) is 1.46. The van der Waals surface area contributed by atoms with Crippen LogP contribution in [0.25, 0.3) is 0 Å². The molecule has 2 nitrogen and oxygen atoms in total. The number of hydrogen-bond donors (Lipinski definition) is 0. The van der Waals surface area contributed by atoms with Crippen LogP contribution in [0.5, 0.6) is 0 Å². The minimum atomic E-state index is 0.195. The van der Waals surface area contributed by atoms with Crippen LogP contribution in [0.3, 0.4) is 0 Å². The van der Waals surface area contributed by atoms with Gasteiger partial charge >= 0.3 is 0 Å². The van der Waals surface area contributed by atoms with Crippen LogP contribution in [0.2, 0.25) is 0 Å². The van der Waals surface area contributed by atoms with Gasteiger partial charge in [0, 0.05) is 0 Å². The molecule has 2 bridgehead atoms. The molecule has 0 saturated heterocycles. The lowest BCUT2D eigenvalue weighted by molar-refractivity contribution is 1.50. The fourth-order valence-electron chi connectivity index (χ4n) is 1.19. The first-order chi connectivity index (χ1) is 7.75. The number of nitrogens with zero attached hydrogens (tertiary/aromatic N) is 2. The summed E-state index contributed by atoms with van der Waals surface area (Å²) in [5.74, 6) is 0. The lowest BCUT2D eigenvalue weighted by atomic mass is 10.3. The van der Waals surface area contributed by atoms with Crippen molar-refractivity contribution in [2.45, 2.75) is 0 Å². The molecule has 0 radical (unpaired) electrons. The highest BCUT2D eigenvalue weighted by Gasteiger charge is 2.04. The molecule has 0 atom stereocenters. The summed E-state index contributed by atoms with van der Waals surface area (Å²) in [7, 11) is 0. The third kappa shape index (κ3) is 2.81. The van der Waals surface area contributed by atoms with E-state index in [0.29, 0.717) is 0 Å². The van der Waals surface area contributed by atoms with E-state index in [9.17, 15) is 0 Å². The molecule has 16 heavy (non-hydrogen) atoms. The molecule has 0 unspecified atom stereocenters. The number of aliphatic imine (C=N–C) groups is 2. The summed E-state index contributed by atoms with van der Waals surface area (Å²) >= 11 is 11.8.